The fourth-order valence-corrected chi connectivity index (χ4v) is 2.35. The Hall–Kier alpha value is -2.35. The van der Waals surface area contributed by atoms with Crippen LogP contribution in [0.25, 0.3) is 0 Å². The van der Waals surface area contributed by atoms with Crippen LogP contribution < -0.4 is 4.90 Å². The number of anilines is 1. The molecule has 5 heteroatoms. The molecule has 1 aliphatic heterocycles. The fraction of sp³-hybridized carbons (Fsp3) is 0.308. The Morgan fingerprint density at radius 3 is 3.06 bits per heavy atom. The second kappa shape index (κ2) is 4.49. The molecular weight excluding hydrogens is 228 g/mol. The first-order valence-electron chi connectivity index (χ1n) is 5.88. The van der Waals surface area contributed by atoms with Crippen molar-refractivity contribution in [2.24, 2.45) is 0 Å². The molecule has 0 saturated carbocycles. The third-order valence-electron chi connectivity index (χ3n) is 3.22. The largest absolute Gasteiger partial charge is 0.469 e. The van der Waals surface area contributed by atoms with Gasteiger partial charge in [-0.05, 0) is 18.6 Å². The predicted octanol–water partition coefficient (Wildman–Crippen LogP) is 1.94. The highest BCUT2D eigenvalue weighted by atomic mass is 16.3. The van der Waals surface area contributed by atoms with Crippen LogP contribution in [0.4, 0.5) is 5.82 Å². The zero-order valence-corrected chi connectivity index (χ0v) is 9.78. The molecule has 1 atom stereocenters. The van der Waals surface area contributed by atoms with Gasteiger partial charge in [0.15, 0.2) is 11.5 Å². The summed E-state index contributed by atoms with van der Waals surface area (Å²) < 4.78 is 5.43. The maximum absolute atomic E-state index is 9.03. The molecule has 0 aliphatic carbocycles. The third kappa shape index (κ3) is 1.82. The maximum Gasteiger partial charge on any atom is 0.183 e. The van der Waals surface area contributed by atoms with Crippen molar-refractivity contribution >= 4 is 5.82 Å². The summed E-state index contributed by atoms with van der Waals surface area (Å²) >= 11 is 0. The highest BCUT2D eigenvalue weighted by Gasteiger charge is 2.28. The summed E-state index contributed by atoms with van der Waals surface area (Å²) in [7, 11) is 0. The summed E-state index contributed by atoms with van der Waals surface area (Å²) in [5, 5.41) is 9.03. The number of furan rings is 1. The van der Waals surface area contributed by atoms with Crippen LogP contribution in [-0.2, 0) is 0 Å². The average Bonchev–Trinajstić information content (AvgIpc) is 3.09. The smallest absolute Gasteiger partial charge is 0.183 e. The highest BCUT2D eigenvalue weighted by Crippen LogP contribution is 2.30. The number of hydrogen-bond acceptors (Lipinski definition) is 5. The zero-order chi connectivity index (χ0) is 12.4. The number of nitriles is 1. The Bertz CT molecular complexity index is 573. The minimum Gasteiger partial charge on any atom is -0.469 e. The summed E-state index contributed by atoms with van der Waals surface area (Å²) in [6.45, 7) is 1.69. The van der Waals surface area contributed by atoms with E-state index in [1.165, 1.54) is 0 Å². The number of hydrogen-bond donors (Lipinski definition) is 0. The molecule has 1 saturated heterocycles. The van der Waals surface area contributed by atoms with Gasteiger partial charge in [0.1, 0.15) is 11.8 Å². The van der Waals surface area contributed by atoms with E-state index in [1.807, 2.05) is 12.1 Å². The SMILES string of the molecule is N#Cc1nccnc1N1CCC(c2ccco2)C1. The molecular formula is C13H12N4O. The second-order valence-electron chi connectivity index (χ2n) is 4.29. The van der Waals surface area contributed by atoms with Crippen LogP contribution in [-0.4, -0.2) is 23.1 Å². The van der Waals surface area contributed by atoms with E-state index in [4.69, 9.17) is 9.68 Å². The van der Waals surface area contributed by atoms with Crippen LogP contribution in [0.3, 0.4) is 0 Å². The van der Waals surface area contributed by atoms with E-state index >= 15 is 0 Å². The minimum absolute atomic E-state index is 0.369. The molecule has 90 valence electrons. The van der Waals surface area contributed by atoms with E-state index in [1.54, 1.807) is 18.7 Å². The van der Waals surface area contributed by atoms with Crippen molar-refractivity contribution in [1.29, 1.82) is 5.26 Å². The molecule has 5 nitrogen and oxygen atoms in total. The maximum atomic E-state index is 9.03. The lowest BCUT2D eigenvalue weighted by Gasteiger charge is -2.17. The molecule has 2 aromatic rings. The van der Waals surface area contributed by atoms with Gasteiger partial charge in [0.2, 0.25) is 0 Å². The normalized spacial score (nSPS) is 18.8. The molecule has 1 unspecified atom stereocenters. The van der Waals surface area contributed by atoms with E-state index < -0.39 is 0 Å². The molecule has 0 bridgehead atoms. The molecule has 0 N–H and O–H groups in total. The van der Waals surface area contributed by atoms with Crippen molar-refractivity contribution in [2.45, 2.75) is 12.3 Å². The van der Waals surface area contributed by atoms with E-state index in [9.17, 15) is 0 Å². The van der Waals surface area contributed by atoms with Gasteiger partial charge in [-0.3, -0.25) is 0 Å². The van der Waals surface area contributed by atoms with Gasteiger partial charge in [-0.1, -0.05) is 0 Å². The second-order valence-corrected chi connectivity index (χ2v) is 4.29. The average molecular weight is 240 g/mol. The molecule has 1 fully saturated rings. The number of nitrogens with zero attached hydrogens (tertiary/aromatic N) is 4. The number of aromatic nitrogens is 2. The third-order valence-corrected chi connectivity index (χ3v) is 3.22. The van der Waals surface area contributed by atoms with Gasteiger partial charge in [0, 0.05) is 31.4 Å². The monoisotopic (exact) mass is 240 g/mol. The topological polar surface area (TPSA) is 66.0 Å². The van der Waals surface area contributed by atoms with Crippen molar-refractivity contribution in [2.75, 3.05) is 18.0 Å². The van der Waals surface area contributed by atoms with Gasteiger partial charge in [-0.15, -0.1) is 0 Å². The fourth-order valence-electron chi connectivity index (χ4n) is 2.35. The van der Waals surface area contributed by atoms with Crippen LogP contribution in [0.5, 0.6) is 0 Å². The molecule has 0 radical (unpaired) electrons. The van der Waals surface area contributed by atoms with Crippen molar-refractivity contribution in [3.63, 3.8) is 0 Å². The van der Waals surface area contributed by atoms with Crippen LogP contribution in [0.2, 0.25) is 0 Å². The Labute approximate surface area is 105 Å². The first-order valence-corrected chi connectivity index (χ1v) is 5.88. The lowest BCUT2D eigenvalue weighted by molar-refractivity contribution is 0.475. The molecule has 1 aliphatic rings. The van der Waals surface area contributed by atoms with Gasteiger partial charge >= 0.3 is 0 Å². The van der Waals surface area contributed by atoms with Crippen molar-refractivity contribution in [3.8, 4) is 6.07 Å². The molecule has 0 spiro atoms. The van der Waals surface area contributed by atoms with Crippen LogP contribution in [0.15, 0.2) is 35.2 Å². The van der Waals surface area contributed by atoms with Crippen LogP contribution >= 0.6 is 0 Å². The van der Waals surface area contributed by atoms with Crippen molar-refractivity contribution < 1.29 is 4.42 Å². The van der Waals surface area contributed by atoms with Crippen molar-refractivity contribution in [3.05, 3.63) is 42.2 Å². The Balaban J connectivity index is 1.82. The molecule has 2 aromatic heterocycles. The van der Waals surface area contributed by atoms with Gasteiger partial charge in [-0.25, -0.2) is 9.97 Å². The molecule has 0 aromatic carbocycles. The quantitative estimate of drug-likeness (QED) is 0.802. The number of rotatable bonds is 2. The Morgan fingerprint density at radius 1 is 1.39 bits per heavy atom. The predicted molar refractivity (Wildman–Crippen MR) is 65.0 cm³/mol. The van der Waals surface area contributed by atoms with E-state index in [0.717, 1.165) is 25.3 Å². The van der Waals surface area contributed by atoms with Gasteiger partial charge in [-0.2, -0.15) is 5.26 Å². The van der Waals surface area contributed by atoms with Crippen LogP contribution in [0, 0.1) is 11.3 Å². The summed E-state index contributed by atoms with van der Waals surface area (Å²) in [5.74, 6) is 2.04. The van der Waals surface area contributed by atoms with E-state index in [-0.39, 0.29) is 0 Å². The summed E-state index contributed by atoms with van der Waals surface area (Å²) in [6, 6.07) is 5.98. The summed E-state index contributed by atoms with van der Waals surface area (Å²) in [4.78, 5) is 10.4. The van der Waals surface area contributed by atoms with Gasteiger partial charge in [0.05, 0.1) is 6.26 Å². The Kier molecular flexibility index (Phi) is 2.69. The minimum atomic E-state index is 0.369. The zero-order valence-electron chi connectivity index (χ0n) is 9.78. The van der Waals surface area contributed by atoms with Gasteiger partial charge in [0.25, 0.3) is 0 Å². The molecule has 0 amide bonds. The summed E-state index contributed by atoms with van der Waals surface area (Å²) in [5.41, 5.74) is 0.387. The first-order chi connectivity index (χ1) is 8.88. The van der Waals surface area contributed by atoms with E-state index in [2.05, 4.69) is 20.9 Å². The van der Waals surface area contributed by atoms with Crippen molar-refractivity contribution in [1.82, 2.24) is 9.97 Å². The molecule has 3 rings (SSSR count). The van der Waals surface area contributed by atoms with Crippen LogP contribution in [0.1, 0.15) is 23.8 Å². The van der Waals surface area contributed by atoms with Gasteiger partial charge < -0.3 is 9.32 Å². The first kappa shape index (κ1) is 10.8. The molecule has 18 heavy (non-hydrogen) atoms. The van der Waals surface area contributed by atoms with E-state index in [0.29, 0.717) is 17.4 Å². The lowest BCUT2D eigenvalue weighted by Crippen LogP contribution is -2.21. The lowest BCUT2D eigenvalue weighted by atomic mass is 10.1. The molecule has 3 heterocycles. The Morgan fingerprint density at radius 2 is 2.28 bits per heavy atom. The standard InChI is InChI=1S/C13H12N4O/c14-8-11-13(16-5-4-15-11)17-6-3-10(9-17)12-2-1-7-18-12/h1-2,4-5,7,10H,3,6,9H2. The highest BCUT2D eigenvalue weighted by molar-refractivity contribution is 5.50. The summed E-state index contributed by atoms with van der Waals surface area (Å²) in [6.07, 6.45) is 5.87.